The van der Waals surface area contributed by atoms with Crippen LogP contribution in [-0.4, -0.2) is 48.5 Å². The predicted octanol–water partition coefficient (Wildman–Crippen LogP) is 1.57. The van der Waals surface area contributed by atoms with E-state index in [9.17, 15) is 8.42 Å². The summed E-state index contributed by atoms with van der Waals surface area (Å²) >= 11 is 0. The molecule has 3 rings (SSSR count). The van der Waals surface area contributed by atoms with Gasteiger partial charge in [0.05, 0.1) is 0 Å². The molecule has 2 atom stereocenters. The zero-order chi connectivity index (χ0) is 15.9. The first-order chi connectivity index (χ1) is 10.4. The van der Waals surface area contributed by atoms with Gasteiger partial charge in [0.25, 0.3) is 0 Å². The molecule has 0 amide bonds. The molecule has 1 aliphatic heterocycles. The summed E-state index contributed by atoms with van der Waals surface area (Å²) in [5, 5.41) is 0.626. The van der Waals surface area contributed by atoms with Gasteiger partial charge in [0, 0.05) is 43.0 Å². The summed E-state index contributed by atoms with van der Waals surface area (Å²) in [5.41, 5.74) is 0.589. The Bertz CT molecular complexity index is 769. The Morgan fingerprint density at radius 3 is 2.86 bits per heavy atom. The van der Waals surface area contributed by atoms with Crippen LogP contribution in [0.4, 0.5) is 0 Å². The molecular formula is C15H22N4O2S. The molecule has 120 valence electrons. The summed E-state index contributed by atoms with van der Waals surface area (Å²) in [6, 6.07) is 3.88. The minimum atomic E-state index is -3.56. The topological polar surface area (TPSA) is 78.1 Å². The Kier molecular flexibility index (Phi) is 3.96. The standard InChI is InChI=1S/C15H22N4O2S/c1-10(2)19-8-11(3)13(9-19)18-22(20,21)14-7-17-15-12(14)5-4-6-16-15/h4-7,10-11,13,18H,8-9H2,1-3H3,(H,16,17)/t11-,13-/m0/s1. The van der Waals surface area contributed by atoms with Gasteiger partial charge in [-0.05, 0) is 31.9 Å². The van der Waals surface area contributed by atoms with Crippen LogP contribution < -0.4 is 4.72 Å². The van der Waals surface area contributed by atoms with Gasteiger partial charge in [0.1, 0.15) is 10.5 Å². The van der Waals surface area contributed by atoms with E-state index in [1.807, 2.05) is 0 Å². The van der Waals surface area contributed by atoms with E-state index in [0.29, 0.717) is 23.0 Å². The predicted molar refractivity (Wildman–Crippen MR) is 86.1 cm³/mol. The molecule has 1 saturated heterocycles. The van der Waals surface area contributed by atoms with Crippen molar-refractivity contribution >= 4 is 21.1 Å². The van der Waals surface area contributed by atoms with Crippen molar-refractivity contribution in [1.82, 2.24) is 19.6 Å². The molecule has 1 fully saturated rings. The second-order valence-corrected chi connectivity index (χ2v) is 7.99. The maximum absolute atomic E-state index is 12.7. The first kappa shape index (κ1) is 15.5. The van der Waals surface area contributed by atoms with Crippen LogP contribution in [0, 0.1) is 5.92 Å². The lowest BCUT2D eigenvalue weighted by Crippen LogP contribution is -2.40. The molecular weight excluding hydrogens is 300 g/mol. The SMILES string of the molecule is CC(C)N1C[C@H](NS(=O)(=O)c2c[nH]c3ncccc23)[C@@H](C)C1. The van der Waals surface area contributed by atoms with E-state index in [-0.39, 0.29) is 10.9 Å². The van der Waals surface area contributed by atoms with Gasteiger partial charge >= 0.3 is 0 Å². The average Bonchev–Trinajstić information content (AvgIpc) is 3.03. The van der Waals surface area contributed by atoms with Gasteiger partial charge in [0.15, 0.2) is 0 Å². The summed E-state index contributed by atoms with van der Waals surface area (Å²) in [4.78, 5) is 9.63. The van der Waals surface area contributed by atoms with E-state index < -0.39 is 10.0 Å². The fraction of sp³-hybridized carbons (Fsp3) is 0.533. The summed E-state index contributed by atoms with van der Waals surface area (Å²) in [5.74, 6) is 0.292. The van der Waals surface area contributed by atoms with Crippen molar-refractivity contribution in [3.05, 3.63) is 24.5 Å². The third-order valence-corrected chi connectivity index (χ3v) is 5.91. The van der Waals surface area contributed by atoms with E-state index in [2.05, 4.69) is 40.4 Å². The van der Waals surface area contributed by atoms with Gasteiger partial charge in [-0.3, -0.25) is 4.90 Å². The molecule has 0 unspecified atom stereocenters. The summed E-state index contributed by atoms with van der Waals surface area (Å²) in [6.07, 6.45) is 3.15. The number of aromatic amines is 1. The minimum Gasteiger partial charge on any atom is -0.345 e. The molecule has 0 saturated carbocycles. The first-order valence-corrected chi connectivity index (χ1v) is 9.05. The largest absolute Gasteiger partial charge is 0.345 e. The lowest BCUT2D eigenvalue weighted by molar-refractivity contribution is 0.265. The fourth-order valence-corrected chi connectivity index (χ4v) is 4.50. The second-order valence-electron chi connectivity index (χ2n) is 6.31. The first-order valence-electron chi connectivity index (χ1n) is 7.57. The van der Waals surface area contributed by atoms with Crippen LogP contribution in [0.25, 0.3) is 11.0 Å². The van der Waals surface area contributed by atoms with Crippen LogP contribution in [0.5, 0.6) is 0 Å². The number of rotatable bonds is 4. The lowest BCUT2D eigenvalue weighted by Gasteiger charge is -2.20. The number of hydrogen-bond donors (Lipinski definition) is 2. The third kappa shape index (κ3) is 2.76. The van der Waals surface area contributed by atoms with Crippen LogP contribution in [0.15, 0.2) is 29.4 Å². The van der Waals surface area contributed by atoms with E-state index in [1.165, 1.54) is 6.20 Å². The second kappa shape index (κ2) is 5.64. The molecule has 2 aromatic rings. The van der Waals surface area contributed by atoms with E-state index >= 15 is 0 Å². The maximum atomic E-state index is 12.7. The van der Waals surface area contributed by atoms with Crippen LogP contribution in [-0.2, 0) is 10.0 Å². The zero-order valence-corrected chi connectivity index (χ0v) is 13.9. The smallest absolute Gasteiger partial charge is 0.243 e. The van der Waals surface area contributed by atoms with Gasteiger partial charge in [0.2, 0.25) is 10.0 Å². The normalized spacial score (nSPS) is 23.6. The van der Waals surface area contributed by atoms with Crippen molar-refractivity contribution in [2.45, 2.75) is 37.8 Å². The van der Waals surface area contributed by atoms with Gasteiger partial charge in [-0.25, -0.2) is 18.1 Å². The molecule has 0 aromatic carbocycles. The molecule has 7 heteroatoms. The van der Waals surface area contributed by atoms with Gasteiger partial charge < -0.3 is 4.98 Å². The van der Waals surface area contributed by atoms with E-state index in [1.54, 1.807) is 18.3 Å². The number of H-pyrrole nitrogens is 1. The summed E-state index contributed by atoms with van der Waals surface area (Å²) < 4.78 is 28.3. The highest BCUT2D eigenvalue weighted by molar-refractivity contribution is 7.89. The Balaban J connectivity index is 1.85. The molecule has 0 radical (unpaired) electrons. The molecule has 6 nitrogen and oxygen atoms in total. The van der Waals surface area contributed by atoms with E-state index in [0.717, 1.165) is 13.1 Å². The molecule has 0 aliphatic carbocycles. The van der Waals surface area contributed by atoms with Crippen molar-refractivity contribution in [3.63, 3.8) is 0 Å². The van der Waals surface area contributed by atoms with Crippen molar-refractivity contribution in [2.24, 2.45) is 5.92 Å². The Morgan fingerprint density at radius 2 is 2.18 bits per heavy atom. The van der Waals surface area contributed by atoms with Gasteiger partial charge in [-0.15, -0.1) is 0 Å². The zero-order valence-electron chi connectivity index (χ0n) is 13.1. The van der Waals surface area contributed by atoms with Crippen LogP contribution in [0.1, 0.15) is 20.8 Å². The molecule has 2 N–H and O–H groups in total. The molecule has 2 aromatic heterocycles. The quantitative estimate of drug-likeness (QED) is 0.896. The van der Waals surface area contributed by atoms with Crippen molar-refractivity contribution in [1.29, 1.82) is 0 Å². The number of fused-ring (bicyclic) bond motifs is 1. The minimum absolute atomic E-state index is 0.0611. The number of nitrogens with one attached hydrogen (secondary N) is 2. The lowest BCUT2D eigenvalue weighted by atomic mass is 10.1. The van der Waals surface area contributed by atoms with E-state index in [4.69, 9.17) is 0 Å². The van der Waals surface area contributed by atoms with Gasteiger partial charge in [-0.1, -0.05) is 6.92 Å². The van der Waals surface area contributed by atoms with Gasteiger partial charge in [-0.2, -0.15) is 0 Å². The number of aromatic nitrogens is 2. The molecule has 0 spiro atoms. The number of sulfonamides is 1. The molecule has 0 bridgehead atoms. The maximum Gasteiger partial charge on any atom is 0.243 e. The summed E-state index contributed by atoms with van der Waals surface area (Å²) in [6.45, 7) is 8.02. The van der Waals surface area contributed by atoms with Crippen molar-refractivity contribution in [3.8, 4) is 0 Å². The molecule has 3 heterocycles. The van der Waals surface area contributed by atoms with Crippen molar-refractivity contribution < 1.29 is 8.42 Å². The van der Waals surface area contributed by atoms with Crippen molar-refractivity contribution in [2.75, 3.05) is 13.1 Å². The fourth-order valence-electron chi connectivity index (χ4n) is 3.00. The third-order valence-electron chi connectivity index (χ3n) is 4.38. The number of hydrogen-bond acceptors (Lipinski definition) is 4. The highest BCUT2D eigenvalue weighted by Gasteiger charge is 2.34. The Hall–Kier alpha value is -1.44. The Labute approximate surface area is 131 Å². The monoisotopic (exact) mass is 322 g/mol. The number of pyridine rings is 1. The van der Waals surface area contributed by atoms with Crippen LogP contribution in [0.3, 0.4) is 0 Å². The Morgan fingerprint density at radius 1 is 1.41 bits per heavy atom. The van der Waals surface area contributed by atoms with Crippen LogP contribution in [0.2, 0.25) is 0 Å². The van der Waals surface area contributed by atoms with Crippen LogP contribution >= 0.6 is 0 Å². The molecule has 1 aliphatic rings. The summed E-state index contributed by atoms with van der Waals surface area (Å²) in [7, 11) is -3.56. The number of likely N-dealkylation sites (tertiary alicyclic amines) is 1. The number of nitrogens with zero attached hydrogens (tertiary/aromatic N) is 2. The highest BCUT2D eigenvalue weighted by Crippen LogP contribution is 2.24. The highest BCUT2D eigenvalue weighted by atomic mass is 32.2. The molecule has 22 heavy (non-hydrogen) atoms. The average molecular weight is 322 g/mol.